The molecule has 0 amide bonds. The minimum Gasteiger partial charge on any atom is -1.00 e. The molecule has 0 bridgehead atoms. The number of aromatic hydroxyl groups is 1. The molecule has 0 aromatic heterocycles. The van der Waals surface area contributed by atoms with Crippen LogP contribution in [-0.2, 0) is 0 Å². The van der Waals surface area contributed by atoms with E-state index in [-0.39, 0.29) is 64.0 Å². The Labute approximate surface area is 103 Å². The van der Waals surface area contributed by atoms with Gasteiger partial charge in [-0.1, -0.05) is 18.2 Å². The molecule has 0 saturated heterocycles. The van der Waals surface area contributed by atoms with Gasteiger partial charge in [0.2, 0.25) is 5.43 Å². The van der Waals surface area contributed by atoms with Gasteiger partial charge < -0.3 is 6.53 Å². The van der Waals surface area contributed by atoms with Gasteiger partial charge in [-0.05, 0) is 12.1 Å². The van der Waals surface area contributed by atoms with Gasteiger partial charge in [0.15, 0.2) is 5.75 Å². The van der Waals surface area contributed by atoms with Crippen molar-refractivity contribution >= 4 is 0 Å². The minimum absolute atomic E-state index is 0. The summed E-state index contributed by atoms with van der Waals surface area (Å²) in [5.41, 5.74) is -0.347. The van der Waals surface area contributed by atoms with E-state index in [1.165, 1.54) is 12.1 Å². The summed E-state index contributed by atoms with van der Waals surface area (Å²) in [6.07, 6.45) is 0. The molecule has 10 heavy (non-hydrogen) atoms. The molecule has 1 aromatic rings. The SMILES string of the molecule is O=c1cccccc1O.[H-].[K+]. The third kappa shape index (κ3) is 2.94. The fraction of sp³-hybridized carbons (Fsp3) is 0. The van der Waals surface area contributed by atoms with Crippen LogP contribution in [0.3, 0.4) is 0 Å². The summed E-state index contributed by atoms with van der Waals surface area (Å²) < 4.78 is 0. The van der Waals surface area contributed by atoms with E-state index >= 15 is 0 Å². The first-order valence-electron chi connectivity index (χ1n) is 2.59. The molecule has 0 unspecified atom stereocenters. The van der Waals surface area contributed by atoms with Crippen LogP contribution in [0.1, 0.15) is 1.43 Å². The maximum absolute atomic E-state index is 10.6. The van der Waals surface area contributed by atoms with E-state index in [1.807, 2.05) is 0 Å². The average molecular weight is 162 g/mol. The van der Waals surface area contributed by atoms with Gasteiger partial charge >= 0.3 is 51.4 Å². The molecule has 48 valence electrons. The van der Waals surface area contributed by atoms with Crippen LogP contribution >= 0.6 is 0 Å². The number of hydrogen-bond acceptors (Lipinski definition) is 2. The first-order valence-corrected chi connectivity index (χ1v) is 2.59. The molecule has 1 aromatic carbocycles. The number of rotatable bonds is 0. The van der Waals surface area contributed by atoms with Crippen molar-refractivity contribution in [3.63, 3.8) is 0 Å². The largest absolute Gasteiger partial charge is 1.00 e. The third-order valence-corrected chi connectivity index (χ3v) is 0.976. The second-order valence-corrected chi connectivity index (χ2v) is 1.66. The van der Waals surface area contributed by atoms with Gasteiger partial charge in [0.05, 0.1) is 0 Å². The molecule has 0 aliphatic heterocycles. The van der Waals surface area contributed by atoms with Gasteiger partial charge in [0, 0.05) is 0 Å². The van der Waals surface area contributed by atoms with Gasteiger partial charge in [-0.15, -0.1) is 0 Å². The maximum Gasteiger partial charge on any atom is 1.00 e. The molecule has 0 heterocycles. The topological polar surface area (TPSA) is 37.3 Å². The smallest absolute Gasteiger partial charge is 1.00 e. The average Bonchev–Trinajstić information content (AvgIpc) is 1.99. The van der Waals surface area contributed by atoms with Crippen molar-refractivity contribution in [2.45, 2.75) is 0 Å². The summed E-state index contributed by atoms with van der Waals surface area (Å²) in [5.74, 6) is -0.208. The predicted molar refractivity (Wildman–Crippen MR) is 35.5 cm³/mol. The number of hydrogen-bond donors (Lipinski definition) is 1. The molecule has 1 rings (SSSR count). The molecule has 0 fully saturated rings. The normalized spacial score (nSPS) is 8.00. The van der Waals surface area contributed by atoms with Gasteiger partial charge in [-0.3, -0.25) is 4.79 Å². The molecule has 0 atom stereocenters. The minimum atomic E-state index is -0.347. The van der Waals surface area contributed by atoms with Crippen LogP contribution in [0.4, 0.5) is 0 Å². The summed E-state index contributed by atoms with van der Waals surface area (Å²) in [5, 5.41) is 8.77. The van der Waals surface area contributed by atoms with Gasteiger partial charge in [-0.2, -0.15) is 0 Å². The third-order valence-electron chi connectivity index (χ3n) is 0.976. The van der Waals surface area contributed by atoms with Gasteiger partial charge in [-0.25, -0.2) is 0 Å². The van der Waals surface area contributed by atoms with Crippen molar-refractivity contribution < 1.29 is 57.9 Å². The molecule has 2 nitrogen and oxygen atoms in total. The quantitative estimate of drug-likeness (QED) is 0.442. The summed E-state index contributed by atoms with van der Waals surface area (Å²) in [7, 11) is 0. The predicted octanol–water partition coefficient (Wildman–Crippen LogP) is -2.13. The molecular formula is C7H7KO2. The van der Waals surface area contributed by atoms with Crippen LogP contribution in [0.25, 0.3) is 0 Å². The van der Waals surface area contributed by atoms with Crippen LogP contribution in [-0.4, -0.2) is 5.11 Å². The van der Waals surface area contributed by atoms with E-state index < -0.39 is 0 Å². The second kappa shape index (κ2) is 5.04. The monoisotopic (exact) mass is 162 g/mol. The molecule has 1 N–H and O–H groups in total. The Morgan fingerprint density at radius 2 is 1.80 bits per heavy atom. The van der Waals surface area contributed by atoms with E-state index in [1.54, 1.807) is 18.2 Å². The Kier molecular flexibility index (Phi) is 5.20. The molecule has 0 radical (unpaired) electrons. The summed E-state index contributed by atoms with van der Waals surface area (Å²) >= 11 is 0. The van der Waals surface area contributed by atoms with Crippen LogP contribution in [0.5, 0.6) is 5.75 Å². The molecule has 0 aliphatic carbocycles. The van der Waals surface area contributed by atoms with E-state index in [0.29, 0.717) is 0 Å². The van der Waals surface area contributed by atoms with Crippen LogP contribution < -0.4 is 56.8 Å². The molecule has 0 saturated carbocycles. The Bertz CT molecular complexity index is 264. The molecule has 0 spiro atoms. The van der Waals surface area contributed by atoms with Gasteiger partial charge in [0.25, 0.3) is 0 Å². The maximum atomic E-state index is 10.6. The summed E-state index contributed by atoms with van der Waals surface area (Å²) in [6.45, 7) is 0. The van der Waals surface area contributed by atoms with Crippen LogP contribution in [0.15, 0.2) is 35.1 Å². The van der Waals surface area contributed by atoms with Crippen molar-refractivity contribution in [3.05, 3.63) is 40.6 Å². The van der Waals surface area contributed by atoms with Crippen LogP contribution in [0, 0.1) is 0 Å². The molecule has 0 aliphatic rings. The zero-order chi connectivity index (χ0) is 6.69. The fourth-order valence-electron chi connectivity index (χ4n) is 0.521. The van der Waals surface area contributed by atoms with E-state index in [4.69, 9.17) is 5.11 Å². The Hall–Kier alpha value is 0.326. The molecule has 3 heteroatoms. The Morgan fingerprint density at radius 3 is 2.50 bits per heavy atom. The summed E-state index contributed by atoms with van der Waals surface area (Å²) in [6, 6.07) is 7.55. The standard InChI is InChI=1S/C7H6O2.K.H/c8-6-4-2-1-3-5-7(6)9;;/h1-5H,(H,8,9);;/q;+1;-1. The van der Waals surface area contributed by atoms with E-state index in [0.717, 1.165) is 0 Å². The fourth-order valence-corrected chi connectivity index (χ4v) is 0.521. The van der Waals surface area contributed by atoms with Crippen molar-refractivity contribution in [2.24, 2.45) is 0 Å². The first kappa shape index (κ1) is 10.3. The molecular weight excluding hydrogens is 155 g/mol. The van der Waals surface area contributed by atoms with Crippen molar-refractivity contribution in [1.82, 2.24) is 0 Å². The van der Waals surface area contributed by atoms with Crippen molar-refractivity contribution in [3.8, 4) is 5.75 Å². The second-order valence-electron chi connectivity index (χ2n) is 1.66. The van der Waals surface area contributed by atoms with Crippen molar-refractivity contribution in [2.75, 3.05) is 0 Å². The van der Waals surface area contributed by atoms with Crippen LogP contribution in [0.2, 0.25) is 0 Å². The van der Waals surface area contributed by atoms with E-state index in [9.17, 15) is 4.79 Å². The Balaban J connectivity index is 0. The zero-order valence-corrected chi connectivity index (χ0v) is 8.87. The Morgan fingerprint density at radius 1 is 1.20 bits per heavy atom. The van der Waals surface area contributed by atoms with Gasteiger partial charge in [0.1, 0.15) is 0 Å². The zero-order valence-electron chi connectivity index (χ0n) is 6.74. The summed E-state index contributed by atoms with van der Waals surface area (Å²) in [4.78, 5) is 10.6. The first-order chi connectivity index (χ1) is 4.30. The van der Waals surface area contributed by atoms with Crippen molar-refractivity contribution in [1.29, 1.82) is 0 Å². The van der Waals surface area contributed by atoms with E-state index in [2.05, 4.69) is 0 Å².